The molecular weight excluding hydrogens is 460 g/mol. The SMILES string of the molecule is C=CCC(C(=O)OC)[C@H](CCC1(c2ccccc2)c2ccccc2-c2ccccc21)C(=O)OCC(C)C. The normalized spacial score (nSPS) is 14.8. The van der Waals surface area contributed by atoms with Crippen LogP contribution in [0, 0.1) is 17.8 Å². The maximum atomic E-state index is 13.5. The molecular formula is C33H36O4. The lowest BCUT2D eigenvalue weighted by Crippen LogP contribution is -2.35. The van der Waals surface area contributed by atoms with Gasteiger partial charge in [-0.05, 0) is 53.0 Å². The summed E-state index contributed by atoms with van der Waals surface area (Å²) in [6, 6.07) is 27.5. The Kier molecular flexibility index (Phi) is 8.27. The second kappa shape index (κ2) is 11.6. The number of hydrogen-bond acceptors (Lipinski definition) is 4. The van der Waals surface area contributed by atoms with E-state index in [1.54, 1.807) is 6.08 Å². The van der Waals surface area contributed by atoms with Crippen molar-refractivity contribution in [3.63, 3.8) is 0 Å². The van der Waals surface area contributed by atoms with Gasteiger partial charge in [-0.1, -0.05) is 98.8 Å². The van der Waals surface area contributed by atoms with Crippen molar-refractivity contribution < 1.29 is 19.1 Å². The average Bonchev–Trinajstić information content (AvgIpc) is 3.22. The van der Waals surface area contributed by atoms with E-state index < -0.39 is 23.2 Å². The van der Waals surface area contributed by atoms with Gasteiger partial charge in [0.1, 0.15) is 0 Å². The highest BCUT2D eigenvalue weighted by Gasteiger charge is 2.46. The molecule has 0 radical (unpaired) electrons. The van der Waals surface area contributed by atoms with E-state index in [9.17, 15) is 9.59 Å². The van der Waals surface area contributed by atoms with Gasteiger partial charge in [-0.3, -0.25) is 9.59 Å². The highest BCUT2D eigenvalue weighted by atomic mass is 16.5. The summed E-state index contributed by atoms with van der Waals surface area (Å²) in [7, 11) is 1.36. The highest BCUT2D eigenvalue weighted by molar-refractivity contribution is 5.84. The zero-order valence-electron chi connectivity index (χ0n) is 22.0. The number of fused-ring (bicyclic) bond motifs is 3. The van der Waals surface area contributed by atoms with E-state index in [-0.39, 0.29) is 11.9 Å². The number of rotatable bonds is 11. The van der Waals surface area contributed by atoms with Crippen LogP contribution in [0.3, 0.4) is 0 Å². The van der Waals surface area contributed by atoms with Crippen LogP contribution in [0.25, 0.3) is 11.1 Å². The van der Waals surface area contributed by atoms with Crippen molar-refractivity contribution >= 4 is 11.9 Å². The van der Waals surface area contributed by atoms with Crippen LogP contribution in [0.4, 0.5) is 0 Å². The van der Waals surface area contributed by atoms with Gasteiger partial charge in [0.2, 0.25) is 0 Å². The fourth-order valence-corrected chi connectivity index (χ4v) is 5.74. The van der Waals surface area contributed by atoms with Crippen molar-refractivity contribution in [2.24, 2.45) is 17.8 Å². The van der Waals surface area contributed by atoms with Gasteiger partial charge in [0.05, 0.1) is 25.6 Å². The number of allylic oxidation sites excluding steroid dienone is 1. The summed E-state index contributed by atoms with van der Waals surface area (Å²) in [5.74, 6) is -1.86. The van der Waals surface area contributed by atoms with E-state index >= 15 is 0 Å². The Hall–Kier alpha value is -3.66. The van der Waals surface area contributed by atoms with Crippen LogP contribution in [-0.4, -0.2) is 25.7 Å². The summed E-state index contributed by atoms with van der Waals surface area (Å²) in [5.41, 5.74) is 5.55. The Morgan fingerprint density at radius 1 is 0.838 bits per heavy atom. The molecule has 0 saturated heterocycles. The molecule has 0 bridgehead atoms. The summed E-state index contributed by atoms with van der Waals surface area (Å²) in [6.45, 7) is 8.15. The third-order valence-electron chi connectivity index (χ3n) is 7.43. The van der Waals surface area contributed by atoms with Gasteiger partial charge in [-0.25, -0.2) is 0 Å². The molecule has 1 aliphatic carbocycles. The molecule has 4 rings (SSSR count). The summed E-state index contributed by atoms with van der Waals surface area (Å²) in [4.78, 5) is 26.3. The van der Waals surface area contributed by atoms with Crippen LogP contribution >= 0.6 is 0 Å². The van der Waals surface area contributed by atoms with Crippen molar-refractivity contribution in [1.29, 1.82) is 0 Å². The van der Waals surface area contributed by atoms with E-state index in [4.69, 9.17) is 9.47 Å². The van der Waals surface area contributed by atoms with Crippen LogP contribution in [0.5, 0.6) is 0 Å². The van der Waals surface area contributed by atoms with Gasteiger partial charge in [0, 0.05) is 5.41 Å². The quantitative estimate of drug-likeness (QED) is 0.213. The lowest BCUT2D eigenvalue weighted by Gasteiger charge is -2.35. The largest absolute Gasteiger partial charge is 0.469 e. The van der Waals surface area contributed by atoms with E-state index in [1.807, 2.05) is 19.9 Å². The maximum Gasteiger partial charge on any atom is 0.309 e. The van der Waals surface area contributed by atoms with Gasteiger partial charge >= 0.3 is 11.9 Å². The standard InChI is InChI=1S/C33H36O4/c1-5-13-27(31(34)36-4)28(32(35)37-22-23(2)3)20-21-33(24-14-7-6-8-15-24)29-18-11-9-16-25(29)26-17-10-12-19-30(26)33/h5-12,14-19,23,27-28H,1,13,20-22H2,2-4H3/t27?,28-/m0/s1. The Bertz CT molecular complexity index is 1200. The molecule has 1 aliphatic rings. The molecule has 1 unspecified atom stereocenters. The van der Waals surface area contributed by atoms with Gasteiger partial charge in [0.15, 0.2) is 0 Å². The fourth-order valence-electron chi connectivity index (χ4n) is 5.74. The number of carbonyl (C=O) groups is 2. The van der Waals surface area contributed by atoms with Crippen molar-refractivity contribution in [1.82, 2.24) is 0 Å². The van der Waals surface area contributed by atoms with Gasteiger partial charge < -0.3 is 9.47 Å². The molecule has 2 atom stereocenters. The summed E-state index contributed by atoms with van der Waals surface area (Å²) in [6.07, 6.45) is 3.12. The van der Waals surface area contributed by atoms with Crippen LogP contribution < -0.4 is 0 Å². The van der Waals surface area contributed by atoms with Crippen LogP contribution in [0.15, 0.2) is 91.5 Å². The van der Waals surface area contributed by atoms with Gasteiger partial charge in [-0.15, -0.1) is 6.58 Å². The molecule has 4 heteroatoms. The molecule has 0 spiro atoms. The number of esters is 2. The predicted molar refractivity (Wildman–Crippen MR) is 147 cm³/mol. The second-order valence-electron chi connectivity index (χ2n) is 10.2. The van der Waals surface area contributed by atoms with Crippen LogP contribution in [0.1, 0.15) is 49.8 Å². The topological polar surface area (TPSA) is 52.6 Å². The molecule has 37 heavy (non-hydrogen) atoms. The van der Waals surface area contributed by atoms with Gasteiger partial charge in [0.25, 0.3) is 0 Å². The molecule has 0 fully saturated rings. The molecule has 0 N–H and O–H groups in total. The molecule has 0 aromatic heterocycles. The second-order valence-corrected chi connectivity index (χ2v) is 10.2. The minimum atomic E-state index is -0.651. The smallest absolute Gasteiger partial charge is 0.309 e. The maximum absolute atomic E-state index is 13.5. The third kappa shape index (κ3) is 5.11. The number of benzene rings is 3. The Balaban J connectivity index is 1.82. The van der Waals surface area contributed by atoms with E-state index in [2.05, 4.69) is 79.4 Å². The molecule has 3 aromatic carbocycles. The lowest BCUT2D eigenvalue weighted by atomic mass is 9.67. The Labute approximate surface area is 220 Å². The molecule has 0 heterocycles. The van der Waals surface area contributed by atoms with Crippen LogP contribution in [0.2, 0.25) is 0 Å². The highest BCUT2D eigenvalue weighted by Crippen LogP contribution is 2.55. The predicted octanol–water partition coefficient (Wildman–Crippen LogP) is 6.96. The number of ether oxygens (including phenoxy) is 2. The minimum Gasteiger partial charge on any atom is -0.469 e. The first-order chi connectivity index (χ1) is 17.9. The number of carbonyl (C=O) groups excluding carboxylic acids is 2. The molecule has 3 aromatic rings. The van der Waals surface area contributed by atoms with E-state index in [0.717, 1.165) is 0 Å². The van der Waals surface area contributed by atoms with E-state index in [1.165, 1.54) is 34.9 Å². The monoisotopic (exact) mass is 496 g/mol. The van der Waals surface area contributed by atoms with Crippen LogP contribution in [-0.2, 0) is 24.5 Å². The zero-order chi connectivity index (χ0) is 26.4. The zero-order valence-corrected chi connectivity index (χ0v) is 22.0. The van der Waals surface area contributed by atoms with Crippen molar-refractivity contribution in [3.05, 3.63) is 108 Å². The summed E-state index contributed by atoms with van der Waals surface area (Å²) >= 11 is 0. The molecule has 0 aliphatic heterocycles. The first-order valence-corrected chi connectivity index (χ1v) is 13.0. The molecule has 0 amide bonds. The average molecular weight is 497 g/mol. The first kappa shape index (κ1) is 26.4. The number of methoxy groups -OCH3 is 1. The number of hydrogen-bond donors (Lipinski definition) is 0. The first-order valence-electron chi connectivity index (χ1n) is 13.0. The molecule has 0 saturated carbocycles. The fraction of sp³-hybridized carbons (Fsp3) is 0.333. The lowest BCUT2D eigenvalue weighted by molar-refractivity contribution is -0.160. The Morgan fingerprint density at radius 3 is 1.95 bits per heavy atom. The third-order valence-corrected chi connectivity index (χ3v) is 7.43. The van der Waals surface area contributed by atoms with Crippen molar-refractivity contribution in [2.45, 2.75) is 38.5 Å². The summed E-state index contributed by atoms with van der Waals surface area (Å²) in [5, 5.41) is 0. The molecule has 4 nitrogen and oxygen atoms in total. The van der Waals surface area contributed by atoms with Crippen molar-refractivity contribution in [3.8, 4) is 11.1 Å². The van der Waals surface area contributed by atoms with Crippen molar-refractivity contribution in [2.75, 3.05) is 13.7 Å². The Morgan fingerprint density at radius 2 is 1.41 bits per heavy atom. The molecule has 192 valence electrons. The van der Waals surface area contributed by atoms with Gasteiger partial charge in [-0.2, -0.15) is 0 Å². The summed E-state index contributed by atoms with van der Waals surface area (Å²) < 4.78 is 10.8. The van der Waals surface area contributed by atoms with E-state index in [0.29, 0.717) is 25.9 Å². The minimum absolute atomic E-state index is 0.199.